The van der Waals surface area contributed by atoms with Gasteiger partial charge in [-0.15, -0.1) is 11.8 Å². The molecular formula is C12H12N2O3S. The lowest BCUT2D eigenvalue weighted by Gasteiger charge is -2.00. The van der Waals surface area contributed by atoms with Crippen LogP contribution in [0.15, 0.2) is 40.2 Å². The topological polar surface area (TPSA) is 75.1 Å². The summed E-state index contributed by atoms with van der Waals surface area (Å²) in [6.45, 7) is 0. The van der Waals surface area contributed by atoms with Crippen molar-refractivity contribution >= 4 is 17.7 Å². The highest BCUT2D eigenvalue weighted by molar-refractivity contribution is 7.98. The number of nitrogens with zero attached hydrogens (tertiary/aromatic N) is 1. The molecule has 2 aromatic rings. The van der Waals surface area contributed by atoms with Crippen LogP contribution in [0.2, 0.25) is 0 Å². The van der Waals surface area contributed by atoms with Crippen molar-refractivity contribution in [3.8, 4) is 0 Å². The third-order valence-corrected chi connectivity index (χ3v) is 3.52. The lowest BCUT2D eigenvalue weighted by atomic mass is 10.2. The fourth-order valence-corrected chi connectivity index (χ4v) is 2.57. The molecule has 0 radical (unpaired) electrons. The van der Waals surface area contributed by atoms with Crippen LogP contribution in [0.25, 0.3) is 0 Å². The number of aromatic amines is 1. The zero-order chi connectivity index (χ0) is 13.1. The first-order valence-electron chi connectivity index (χ1n) is 5.28. The SMILES string of the molecule is Cn1[nH]c(SCc2ccccc2)c(C(=O)O)c1=O. The van der Waals surface area contributed by atoms with E-state index in [1.807, 2.05) is 30.3 Å². The second-order valence-corrected chi connectivity index (χ2v) is 4.75. The number of nitrogens with one attached hydrogen (secondary N) is 1. The first kappa shape index (κ1) is 12.5. The van der Waals surface area contributed by atoms with Gasteiger partial charge < -0.3 is 5.11 Å². The molecule has 0 aliphatic carbocycles. The van der Waals surface area contributed by atoms with Crippen LogP contribution in [0.3, 0.4) is 0 Å². The summed E-state index contributed by atoms with van der Waals surface area (Å²) in [4.78, 5) is 22.6. The van der Waals surface area contributed by atoms with Crippen LogP contribution in [0.1, 0.15) is 15.9 Å². The number of carbonyl (C=O) groups is 1. The summed E-state index contributed by atoms with van der Waals surface area (Å²) in [6.07, 6.45) is 0. The van der Waals surface area contributed by atoms with E-state index in [1.54, 1.807) is 0 Å². The van der Waals surface area contributed by atoms with Gasteiger partial charge in [0, 0.05) is 12.8 Å². The second-order valence-electron chi connectivity index (χ2n) is 3.76. The van der Waals surface area contributed by atoms with E-state index >= 15 is 0 Å². The molecule has 1 heterocycles. The van der Waals surface area contributed by atoms with Crippen LogP contribution in [-0.2, 0) is 12.8 Å². The lowest BCUT2D eigenvalue weighted by molar-refractivity contribution is 0.0691. The Labute approximate surface area is 107 Å². The van der Waals surface area contributed by atoms with Gasteiger partial charge in [-0.1, -0.05) is 30.3 Å². The number of thioether (sulfide) groups is 1. The predicted molar refractivity (Wildman–Crippen MR) is 69.0 cm³/mol. The van der Waals surface area contributed by atoms with Crippen LogP contribution >= 0.6 is 11.8 Å². The molecule has 1 aromatic carbocycles. The van der Waals surface area contributed by atoms with Gasteiger partial charge in [0.1, 0.15) is 5.03 Å². The summed E-state index contributed by atoms with van der Waals surface area (Å²) in [5, 5.41) is 12.1. The summed E-state index contributed by atoms with van der Waals surface area (Å²) in [7, 11) is 1.50. The number of aromatic carboxylic acids is 1. The van der Waals surface area contributed by atoms with E-state index in [1.165, 1.54) is 23.5 Å². The maximum Gasteiger partial charge on any atom is 0.344 e. The van der Waals surface area contributed by atoms with E-state index in [4.69, 9.17) is 5.11 Å². The Morgan fingerprint density at radius 3 is 2.67 bits per heavy atom. The molecule has 0 saturated heterocycles. The fraction of sp³-hybridized carbons (Fsp3) is 0.167. The van der Waals surface area contributed by atoms with Crippen LogP contribution in [0.4, 0.5) is 0 Å². The number of carboxylic acid groups (broad SMARTS) is 1. The highest BCUT2D eigenvalue weighted by Crippen LogP contribution is 2.22. The van der Waals surface area contributed by atoms with E-state index in [9.17, 15) is 9.59 Å². The average Bonchev–Trinajstić information content (AvgIpc) is 2.64. The Morgan fingerprint density at radius 2 is 2.06 bits per heavy atom. The molecule has 6 heteroatoms. The molecule has 18 heavy (non-hydrogen) atoms. The van der Waals surface area contributed by atoms with Gasteiger partial charge in [-0.2, -0.15) is 0 Å². The number of rotatable bonds is 4. The van der Waals surface area contributed by atoms with Crippen LogP contribution in [-0.4, -0.2) is 20.9 Å². The Morgan fingerprint density at radius 1 is 1.39 bits per heavy atom. The molecule has 0 bridgehead atoms. The Hall–Kier alpha value is -1.95. The standard InChI is InChI=1S/C12H12N2O3S/c1-14-11(15)9(12(16)17)10(13-14)18-7-8-5-3-2-4-6-8/h2-6,13H,7H2,1H3,(H,16,17). The van der Waals surface area contributed by atoms with Gasteiger partial charge >= 0.3 is 5.97 Å². The molecule has 0 aliphatic rings. The maximum absolute atomic E-state index is 11.6. The molecule has 5 nitrogen and oxygen atoms in total. The summed E-state index contributed by atoms with van der Waals surface area (Å²) in [5.74, 6) is -0.589. The van der Waals surface area contributed by atoms with Crippen LogP contribution < -0.4 is 5.56 Å². The minimum Gasteiger partial charge on any atom is -0.477 e. The van der Waals surface area contributed by atoms with Crippen molar-refractivity contribution in [1.82, 2.24) is 9.78 Å². The van der Waals surface area contributed by atoms with E-state index in [-0.39, 0.29) is 5.56 Å². The second kappa shape index (κ2) is 5.14. The van der Waals surface area contributed by atoms with E-state index in [0.717, 1.165) is 5.56 Å². The zero-order valence-electron chi connectivity index (χ0n) is 9.71. The molecule has 0 fully saturated rings. The number of aromatic nitrogens is 2. The summed E-state index contributed by atoms with van der Waals surface area (Å²) < 4.78 is 1.18. The van der Waals surface area contributed by atoms with Crippen molar-refractivity contribution in [2.24, 2.45) is 7.05 Å². The molecule has 0 atom stereocenters. The van der Waals surface area contributed by atoms with Crippen molar-refractivity contribution < 1.29 is 9.90 Å². The molecule has 94 valence electrons. The van der Waals surface area contributed by atoms with E-state index in [2.05, 4.69) is 5.10 Å². The third-order valence-electron chi connectivity index (χ3n) is 2.45. The normalized spacial score (nSPS) is 10.5. The van der Waals surface area contributed by atoms with Gasteiger partial charge in [-0.25, -0.2) is 4.79 Å². The van der Waals surface area contributed by atoms with Crippen molar-refractivity contribution in [3.63, 3.8) is 0 Å². The van der Waals surface area contributed by atoms with Gasteiger partial charge in [0.05, 0.1) is 0 Å². The minimum absolute atomic E-state index is 0.196. The fourth-order valence-electron chi connectivity index (χ4n) is 1.55. The average molecular weight is 264 g/mol. The smallest absolute Gasteiger partial charge is 0.344 e. The van der Waals surface area contributed by atoms with Gasteiger partial charge in [0.2, 0.25) is 0 Å². The molecule has 1 aromatic heterocycles. The van der Waals surface area contributed by atoms with Gasteiger partial charge in [0.15, 0.2) is 5.56 Å². The highest BCUT2D eigenvalue weighted by atomic mass is 32.2. The summed E-state index contributed by atoms with van der Waals surface area (Å²) >= 11 is 1.31. The first-order chi connectivity index (χ1) is 8.59. The number of hydrogen-bond donors (Lipinski definition) is 2. The molecule has 0 aliphatic heterocycles. The van der Waals surface area contributed by atoms with Gasteiger partial charge in [0.25, 0.3) is 5.56 Å². The van der Waals surface area contributed by atoms with Crippen LogP contribution in [0, 0.1) is 0 Å². The summed E-state index contributed by atoms with van der Waals surface area (Å²) in [6, 6.07) is 9.66. The highest BCUT2D eigenvalue weighted by Gasteiger charge is 2.19. The van der Waals surface area contributed by atoms with Crippen molar-refractivity contribution in [2.45, 2.75) is 10.8 Å². The molecule has 0 amide bonds. The van der Waals surface area contributed by atoms with Crippen LogP contribution in [0.5, 0.6) is 0 Å². The number of hydrogen-bond acceptors (Lipinski definition) is 3. The predicted octanol–water partition coefficient (Wildman–Crippen LogP) is 1.70. The minimum atomic E-state index is -1.20. The maximum atomic E-state index is 11.6. The number of benzene rings is 1. The Kier molecular flexibility index (Phi) is 3.57. The Bertz CT molecular complexity index is 616. The lowest BCUT2D eigenvalue weighted by Crippen LogP contribution is -2.18. The number of carboxylic acids is 1. The Balaban J connectivity index is 2.22. The quantitative estimate of drug-likeness (QED) is 0.824. The van der Waals surface area contributed by atoms with Crippen molar-refractivity contribution in [3.05, 3.63) is 51.8 Å². The van der Waals surface area contributed by atoms with Gasteiger partial charge in [-0.05, 0) is 5.56 Å². The third kappa shape index (κ3) is 2.48. The number of aryl methyl sites for hydroxylation is 1. The first-order valence-corrected chi connectivity index (χ1v) is 6.27. The van der Waals surface area contributed by atoms with E-state index < -0.39 is 11.5 Å². The molecule has 0 unspecified atom stereocenters. The molecular weight excluding hydrogens is 252 g/mol. The van der Waals surface area contributed by atoms with E-state index in [0.29, 0.717) is 10.8 Å². The van der Waals surface area contributed by atoms with Gasteiger partial charge in [-0.3, -0.25) is 14.6 Å². The zero-order valence-corrected chi connectivity index (χ0v) is 10.5. The number of H-pyrrole nitrogens is 1. The largest absolute Gasteiger partial charge is 0.477 e. The monoisotopic (exact) mass is 264 g/mol. The van der Waals surface area contributed by atoms with Crippen molar-refractivity contribution in [1.29, 1.82) is 0 Å². The van der Waals surface area contributed by atoms with Crippen molar-refractivity contribution in [2.75, 3.05) is 0 Å². The summed E-state index contributed by atoms with van der Waals surface area (Å²) in [5.41, 5.74) is 0.361. The molecule has 0 saturated carbocycles. The molecule has 2 N–H and O–H groups in total. The molecule has 0 spiro atoms. The molecule has 2 rings (SSSR count).